The lowest BCUT2D eigenvalue weighted by molar-refractivity contribution is 0.0952. The van der Waals surface area contributed by atoms with Gasteiger partial charge in [0.15, 0.2) is 0 Å². The summed E-state index contributed by atoms with van der Waals surface area (Å²) in [6, 6.07) is 19.9. The number of amides is 1. The van der Waals surface area contributed by atoms with E-state index in [4.69, 9.17) is 4.74 Å². The van der Waals surface area contributed by atoms with Crippen molar-refractivity contribution < 1.29 is 13.9 Å². The van der Waals surface area contributed by atoms with Crippen LogP contribution in [0.3, 0.4) is 0 Å². The topological polar surface area (TPSA) is 55.6 Å². The summed E-state index contributed by atoms with van der Waals surface area (Å²) in [5.41, 5.74) is 2.11. The van der Waals surface area contributed by atoms with E-state index >= 15 is 0 Å². The zero-order chi connectivity index (χ0) is 21.2. The van der Waals surface area contributed by atoms with Crippen molar-refractivity contribution in [2.45, 2.75) is 13.2 Å². The first-order chi connectivity index (χ1) is 15.2. The normalized spacial score (nSPS) is 11.1. The third kappa shape index (κ3) is 3.87. The van der Waals surface area contributed by atoms with Gasteiger partial charge in [0, 0.05) is 28.0 Å². The molecule has 0 aliphatic heterocycles. The Labute approximate surface area is 181 Å². The highest BCUT2D eigenvalue weighted by Crippen LogP contribution is 2.34. The van der Waals surface area contributed by atoms with Crippen molar-refractivity contribution in [3.8, 4) is 5.75 Å². The van der Waals surface area contributed by atoms with E-state index in [2.05, 4.69) is 10.3 Å². The first-order valence-corrected chi connectivity index (χ1v) is 10.6. The van der Waals surface area contributed by atoms with Crippen molar-refractivity contribution in [2.24, 2.45) is 0 Å². The van der Waals surface area contributed by atoms with Gasteiger partial charge in [-0.2, -0.15) is 0 Å². The largest absolute Gasteiger partial charge is 0.489 e. The molecule has 2 aromatic carbocycles. The van der Waals surface area contributed by atoms with Gasteiger partial charge in [0.2, 0.25) is 0 Å². The van der Waals surface area contributed by atoms with E-state index in [1.807, 2.05) is 71.4 Å². The number of imidazole rings is 1. The molecule has 0 fully saturated rings. The summed E-state index contributed by atoms with van der Waals surface area (Å²) >= 11 is 1.26. The first kappa shape index (κ1) is 19.3. The molecule has 3 aromatic heterocycles. The molecule has 1 amide bonds. The number of benzene rings is 2. The van der Waals surface area contributed by atoms with E-state index in [1.165, 1.54) is 17.4 Å². The Morgan fingerprint density at radius 3 is 2.74 bits per heavy atom. The van der Waals surface area contributed by atoms with Gasteiger partial charge in [-0.1, -0.05) is 30.3 Å². The van der Waals surface area contributed by atoms with Crippen LogP contribution in [0.15, 0.2) is 79.1 Å². The van der Waals surface area contributed by atoms with Gasteiger partial charge < -0.3 is 14.5 Å². The molecule has 5 rings (SSSR count). The predicted molar refractivity (Wildman–Crippen MR) is 119 cm³/mol. The Morgan fingerprint density at radius 1 is 1.06 bits per heavy atom. The first-order valence-electron chi connectivity index (χ1n) is 9.77. The maximum absolute atomic E-state index is 14.6. The summed E-state index contributed by atoms with van der Waals surface area (Å²) in [4.78, 5) is 18.0. The zero-order valence-corrected chi connectivity index (χ0v) is 17.2. The molecule has 5 nitrogen and oxygen atoms in total. The van der Waals surface area contributed by atoms with Crippen molar-refractivity contribution in [3.63, 3.8) is 0 Å². The Hall–Kier alpha value is -3.71. The van der Waals surface area contributed by atoms with Crippen molar-refractivity contribution in [3.05, 3.63) is 101 Å². The third-order valence-corrected chi connectivity index (χ3v) is 6.14. The van der Waals surface area contributed by atoms with Crippen LogP contribution in [0.25, 0.3) is 15.7 Å². The quantitative estimate of drug-likeness (QED) is 0.402. The number of pyridine rings is 1. The minimum atomic E-state index is -0.361. The second kappa shape index (κ2) is 8.20. The van der Waals surface area contributed by atoms with E-state index in [1.54, 1.807) is 6.07 Å². The van der Waals surface area contributed by atoms with Crippen LogP contribution in [0, 0.1) is 5.82 Å². The molecular weight excluding hydrogens is 413 g/mol. The molecule has 1 N–H and O–H groups in total. The van der Waals surface area contributed by atoms with Gasteiger partial charge >= 0.3 is 0 Å². The van der Waals surface area contributed by atoms with Gasteiger partial charge in [-0.05, 0) is 36.4 Å². The van der Waals surface area contributed by atoms with E-state index in [-0.39, 0.29) is 24.9 Å². The number of carbonyl (C=O) groups is 1. The maximum Gasteiger partial charge on any atom is 0.262 e. The average Bonchev–Trinajstić information content (AvgIpc) is 3.38. The number of rotatable bonds is 6. The molecule has 0 atom stereocenters. The van der Waals surface area contributed by atoms with Crippen LogP contribution >= 0.6 is 11.3 Å². The second-order valence-electron chi connectivity index (χ2n) is 7.01. The van der Waals surface area contributed by atoms with Crippen LogP contribution in [0.5, 0.6) is 5.75 Å². The Bertz CT molecular complexity index is 1340. The number of nitrogens with zero attached hydrogens (tertiary/aromatic N) is 2. The van der Waals surface area contributed by atoms with Crippen LogP contribution in [-0.2, 0) is 13.2 Å². The molecule has 3 heterocycles. The molecule has 0 bridgehead atoms. The van der Waals surface area contributed by atoms with Gasteiger partial charge in [-0.3, -0.25) is 4.79 Å². The van der Waals surface area contributed by atoms with Crippen molar-refractivity contribution >= 4 is 33.0 Å². The van der Waals surface area contributed by atoms with Gasteiger partial charge in [0.25, 0.3) is 5.91 Å². The third-order valence-electron chi connectivity index (χ3n) is 4.94. The Kier molecular flexibility index (Phi) is 5.09. The monoisotopic (exact) mass is 431 g/mol. The summed E-state index contributed by atoms with van der Waals surface area (Å²) in [6.45, 7) is 0.373. The summed E-state index contributed by atoms with van der Waals surface area (Å²) < 4.78 is 23.1. The molecule has 5 aromatic rings. The standard InChI is InChI=1S/C24H18FN3O2S/c25-19-9-6-10-20-22(19)18(15-30-17-7-2-1-3-8-17)23(31-20)24(29)26-13-16-14-28-12-5-4-11-21(28)27-16/h1-12,14H,13,15H2,(H,26,29). The van der Waals surface area contributed by atoms with Gasteiger partial charge in [0.05, 0.1) is 17.1 Å². The van der Waals surface area contributed by atoms with Crippen molar-refractivity contribution in [1.29, 1.82) is 0 Å². The van der Waals surface area contributed by atoms with Crippen LogP contribution in [0.1, 0.15) is 20.9 Å². The number of carbonyl (C=O) groups excluding carboxylic acids is 1. The summed E-state index contributed by atoms with van der Waals surface area (Å²) in [5, 5.41) is 3.34. The van der Waals surface area contributed by atoms with Gasteiger partial charge in [-0.25, -0.2) is 9.37 Å². The lowest BCUT2D eigenvalue weighted by Gasteiger charge is -2.08. The lowest BCUT2D eigenvalue weighted by atomic mass is 10.1. The van der Waals surface area contributed by atoms with Crippen LogP contribution < -0.4 is 10.1 Å². The average molecular weight is 431 g/mol. The van der Waals surface area contributed by atoms with Gasteiger partial charge in [-0.15, -0.1) is 11.3 Å². The molecule has 0 aliphatic carbocycles. The number of ether oxygens (including phenoxy) is 1. The van der Waals surface area contributed by atoms with Crippen LogP contribution in [-0.4, -0.2) is 15.3 Å². The molecule has 154 valence electrons. The van der Waals surface area contributed by atoms with Gasteiger partial charge in [0.1, 0.15) is 23.8 Å². The molecule has 7 heteroatoms. The second-order valence-corrected chi connectivity index (χ2v) is 8.06. The molecule has 0 saturated heterocycles. The van der Waals surface area contributed by atoms with Crippen molar-refractivity contribution in [2.75, 3.05) is 0 Å². The number of hydrogen-bond acceptors (Lipinski definition) is 4. The molecular formula is C24H18FN3O2S. The minimum absolute atomic E-state index is 0.0993. The smallest absolute Gasteiger partial charge is 0.262 e. The minimum Gasteiger partial charge on any atom is -0.489 e. The molecule has 31 heavy (non-hydrogen) atoms. The molecule has 0 radical (unpaired) electrons. The maximum atomic E-state index is 14.6. The Morgan fingerprint density at radius 2 is 1.90 bits per heavy atom. The van der Waals surface area contributed by atoms with Crippen LogP contribution in [0.4, 0.5) is 4.39 Å². The highest BCUT2D eigenvalue weighted by atomic mass is 32.1. The molecule has 0 spiro atoms. The summed E-state index contributed by atoms with van der Waals surface area (Å²) in [6.07, 6.45) is 3.78. The predicted octanol–water partition coefficient (Wildman–Crippen LogP) is 5.20. The van der Waals surface area contributed by atoms with E-state index < -0.39 is 0 Å². The Balaban J connectivity index is 1.42. The number of nitrogens with one attached hydrogen (secondary N) is 1. The number of fused-ring (bicyclic) bond motifs is 2. The summed E-state index contributed by atoms with van der Waals surface area (Å²) in [5.74, 6) is 0.0263. The van der Waals surface area contributed by atoms with E-state index in [0.29, 0.717) is 26.3 Å². The molecule has 0 aliphatic rings. The highest BCUT2D eigenvalue weighted by molar-refractivity contribution is 7.21. The fourth-order valence-electron chi connectivity index (χ4n) is 3.48. The lowest BCUT2D eigenvalue weighted by Crippen LogP contribution is -2.23. The van der Waals surface area contributed by atoms with Crippen molar-refractivity contribution in [1.82, 2.24) is 14.7 Å². The van der Waals surface area contributed by atoms with Crippen LogP contribution in [0.2, 0.25) is 0 Å². The fourth-order valence-corrected chi connectivity index (χ4v) is 4.62. The number of para-hydroxylation sites is 1. The number of hydrogen-bond donors (Lipinski definition) is 1. The highest BCUT2D eigenvalue weighted by Gasteiger charge is 2.21. The van der Waals surface area contributed by atoms with E-state index in [0.717, 1.165) is 11.3 Å². The molecule has 0 unspecified atom stereocenters. The SMILES string of the molecule is O=C(NCc1cn2ccccc2n1)c1sc2cccc(F)c2c1COc1ccccc1. The summed E-state index contributed by atoms with van der Waals surface area (Å²) in [7, 11) is 0. The zero-order valence-electron chi connectivity index (χ0n) is 16.4. The number of aromatic nitrogens is 2. The number of halogens is 1. The number of thiophene rings is 1. The van der Waals surface area contributed by atoms with E-state index in [9.17, 15) is 9.18 Å². The fraction of sp³-hybridized carbons (Fsp3) is 0.0833. The molecule has 0 saturated carbocycles.